The van der Waals surface area contributed by atoms with Gasteiger partial charge in [-0.2, -0.15) is 0 Å². The van der Waals surface area contributed by atoms with Crippen LogP contribution in [0.4, 0.5) is 9.59 Å². The standard InChI is InChI=1S/C21H19N3O6S2/c1-3-29-19(26)16-13(22-20(27)23-17(16)14-7-6-11(2)30-14)10-24-18(25)15(32-21(24)28)9-12-5-4-8-31-12/h4-9,17H,3,10H2,1-2H3,(H2,22,23,27)/b15-9-. The summed E-state index contributed by atoms with van der Waals surface area (Å²) >= 11 is 2.25. The first kappa shape index (κ1) is 21.9. The molecule has 2 aliphatic heterocycles. The molecule has 0 radical (unpaired) electrons. The molecular formula is C21H19N3O6S2. The molecule has 1 unspecified atom stereocenters. The number of hydrogen-bond acceptors (Lipinski definition) is 8. The molecule has 0 bridgehead atoms. The average molecular weight is 474 g/mol. The lowest BCUT2D eigenvalue weighted by atomic mass is 10.00. The van der Waals surface area contributed by atoms with Crippen molar-refractivity contribution in [1.82, 2.24) is 15.5 Å². The first-order chi connectivity index (χ1) is 15.4. The highest BCUT2D eigenvalue weighted by Gasteiger charge is 2.40. The van der Waals surface area contributed by atoms with Crippen molar-refractivity contribution in [2.24, 2.45) is 0 Å². The lowest BCUT2D eigenvalue weighted by Gasteiger charge is -2.29. The van der Waals surface area contributed by atoms with Gasteiger partial charge in [0.05, 0.1) is 29.3 Å². The SMILES string of the molecule is CCOC(=O)C1=C(CN2C(=O)S/C(=C\c3cccs3)C2=O)NC(=O)NC1c1ccc(C)o1. The van der Waals surface area contributed by atoms with Crippen LogP contribution in [0.1, 0.15) is 29.4 Å². The first-order valence-corrected chi connectivity index (χ1v) is 11.4. The molecule has 0 saturated carbocycles. The molecule has 1 fully saturated rings. The van der Waals surface area contributed by atoms with Crippen LogP contribution in [0.3, 0.4) is 0 Å². The number of esters is 1. The highest BCUT2D eigenvalue weighted by atomic mass is 32.2. The van der Waals surface area contributed by atoms with E-state index in [2.05, 4.69) is 10.6 Å². The van der Waals surface area contributed by atoms with E-state index in [-0.39, 0.29) is 29.3 Å². The van der Waals surface area contributed by atoms with Gasteiger partial charge in [0, 0.05) is 4.88 Å². The van der Waals surface area contributed by atoms with Crippen LogP contribution in [0.15, 0.2) is 50.2 Å². The number of thiophene rings is 1. The number of urea groups is 1. The Hall–Kier alpha value is -3.31. The maximum absolute atomic E-state index is 12.9. The fourth-order valence-corrected chi connectivity index (χ4v) is 4.87. The second kappa shape index (κ2) is 9.05. The van der Waals surface area contributed by atoms with Gasteiger partial charge in [0.2, 0.25) is 0 Å². The third-order valence-electron chi connectivity index (χ3n) is 4.70. The number of thioether (sulfide) groups is 1. The molecule has 0 spiro atoms. The summed E-state index contributed by atoms with van der Waals surface area (Å²) in [6.07, 6.45) is 1.64. The van der Waals surface area contributed by atoms with E-state index in [1.807, 2.05) is 17.5 Å². The zero-order valence-electron chi connectivity index (χ0n) is 17.2. The molecule has 1 atom stereocenters. The number of carbonyl (C=O) groups is 4. The van der Waals surface area contributed by atoms with E-state index < -0.39 is 29.2 Å². The van der Waals surface area contributed by atoms with Crippen molar-refractivity contribution >= 4 is 52.3 Å². The molecule has 2 N–H and O–H groups in total. The molecule has 0 aliphatic carbocycles. The summed E-state index contributed by atoms with van der Waals surface area (Å²) in [4.78, 5) is 52.7. The van der Waals surface area contributed by atoms with Crippen molar-refractivity contribution in [1.29, 1.82) is 0 Å². The summed E-state index contributed by atoms with van der Waals surface area (Å²) in [5, 5.41) is 6.57. The molecule has 4 rings (SSSR count). The second-order valence-corrected chi connectivity index (χ2v) is 8.85. The highest BCUT2D eigenvalue weighted by molar-refractivity contribution is 8.18. The topological polar surface area (TPSA) is 118 Å². The number of nitrogens with one attached hydrogen (secondary N) is 2. The van der Waals surface area contributed by atoms with Gasteiger partial charge in [-0.1, -0.05) is 6.07 Å². The Morgan fingerprint density at radius 3 is 2.75 bits per heavy atom. The number of hydrogen-bond donors (Lipinski definition) is 2. The largest absolute Gasteiger partial charge is 0.464 e. The Bertz CT molecular complexity index is 1150. The van der Waals surface area contributed by atoms with E-state index in [1.165, 1.54) is 11.3 Å². The molecule has 2 aromatic rings. The van der Waals surface area contributed by atoms with E-state index in [9.17, 15) is 19.2 Å². The van der Waals surface area contributed by atoms with Gasteiger partial charge in [-0.05, 0) is 55.3 Å². The minimum Gasteiger partial charge on any atom is -0.464 e. The van der Waals surface area contributed by atoms with Gasteiger partial charge in [0.15, 0.2) is 0 Å². The number of aryl methyl sites for hydroxylation is 1. The summed E-state index contributed by atoms with van der Waals surface area (Å²) in [6.45, 7) is 3.22. The summed E-state index contributed by atoms with van der Waals surface area (Å²) in [7, 11) is 0. The molecule has 4 amide bonds. The third kappa shape index (κ3) is 4.34. The predicted molar refractivity (Wildman–Crippen MR) is 119 cm³/mol. The second-order valence-electron chi connectivity index (χ2n) is 6.88. The van der Waals surface area contributed by atoms with Crippen LogP contribution in [-0.4, -0.2) is 41.2 Å². The number of furan rings is 1. The van der Waals surface area contributed by atoms with Crippen LogP contribution >= 0.6 is 23.1 Å². The van der Waals surface area contributed by atoms with E-state index in [0.717, 1.165) is 21.5 Å². The molecule has 32 heavy (non-hydrogen) atoms. The molecule has 2 aliphatic rings. The normalized spacial score (nSPS) is 20.1. The van der Waals surface area contributed by atoms with E-state index >= 15 is 0 Å². The number of imide groups is 1. The molecule has 9 nitrogen and oxygen atoms in total. The Morgan fingerprint density at radius 2 is 2.09 bits per heavy atom. The van der Waals surface area contributed by atoms with Crippen molar-refractivity contribution in [2.45, 2.75) is 19.9 Å². The van der Waals surface area contributed by atoms with Gasteiger partial charge >= 0.3 is 12.0 Å². The van der Waals surface area contributed by atoms with Crippen LogP contribution in [0.2, 0.25) is 0 Å². The molecular weight excluding hydrogens is 454 g/mol. The summed E-state index contributed by atoms with van der Waals surface area (Å²) < 4.78 is 10.8. The summed E-state index contributed by atoms with van der Waals surface area (Å²) in [5.41, 5.74) is 0.174. The molecule has 11 heteroatoms. The Kier molecular flexibility index (Phi) is 6.19. The lowest BCUT2D eigenvalue weighted by molar-refractivity contribution is -0.139. The van der Waals surface area contributed by atoms with Crippen LogP contribution < -0.4 is 10.6 Å². The molecule has 0 aromatic carbocycles. The van der Waals surface area contributed by atoms with E-state index in [4.69, 9.17) is 9.15 Å². The molecule has 166 valence electrons. The number of amides is 4. The van der Waals surface area contributed by atoms with Crippen LogP contribution in [-0.2, 0) is 14.3 Å². The van der Waals surface area contributed by atoms with Gasteiger partial charge in [-0.25, -0.2) is 9.59 Å². The molecule has 1 saturated heterocycles. The van der Waals surface area contributed by atoms with Crippen LogP contribution in [0.5, 0.6) is 0 Å². The smallest absolute Gasteiger partial charge is 0.338 e. The summed E-state index contributed by atoms with van der Waals surface area (Å²) in [6, 6.07) is 5.52. The zero-order chi connectivity index (χ0) is 22.8. The number of ether oxygens (including phenoxy) is 1. The maximum Gasteiger partial charge on any atom is 0.338 e. The number of carbonyl (C=O) groups excluding carboxylic acids is 4. The fraction of sp³-hybridized carbons (Fsp3) is 0.238. The number of rotatable bonds is 6. The Labute approximate surface area is 191 Å². The van der Waals surface area contributed by atoms with E-state index in [1.54, 1.807) is 32.1 Å². The quantitative estimate of drug-likeness (QED) is 0.486. The van der Waals surface area contributed by atoms with Gasteiger partial charge < -0.3 is 19.8 Å². The number of nitrogens with zero attached hydrogens (tertiary/aromatic N) is 1. The first-order valence-electron chi connectivity index (χ1n) is 9.70. The molecule has 4 heterocycles. The predicted octanol–water partition coefficient (Wildman–Crippen LogP) is 3.56. The Balaban J connectivity index is 1.69. The van der Waals surface area contributed by atoms with Gasteiger partial charge in [-0.3, -0.25) is 14.5 Å². The van der Waals surface area contributed by atoms with Crippen molar-refractivity contribution in [2.75, 3.05) is 13.2 Å². The minimum absolute atomic E-state index is 0.0714. The summed E-state index contributed by atoms with van der Waals surface area (Å²) in [5.74, 6) is -0.246. The minimum atomic E-state index is -0.923. The van der Waals surface area contributed by atoms with Crippen LogP contribution in [0, 0.1) is 6.92 Å². The van der Waals surface area contributed by atoms with Crippen molar-refractivity contribution < 1.29 is 28.3 Å². The highest BCUT2D eigenvalue weighted by Crippen LogP contribution is 2.35. The van der Waals surface area contributed by atoms with Crippen molar-refractivity contribution in [3.8, 4) is 0 Å². The lowest BCUT2D eigenvalue weighted by Crippen LogP contribution is -2.49. The van der Waals surface area contributed by atoms with Gasteiger partial charge in [-0.15, -0.1) is 11.3 Å². The van der Waals surface area contributed by atoms with Gasteiger partial charge in [0.1, 0.15) is 17.6 Å². The molecule has 2 aromatic heterocycles. The van der Waals surface area contributed by atoms with Crippen molar-refractivity contribution in [3.05, 3.63) is 62.2 Å². The maximum atomic E-state index is 12.9. The fourth-order valence-electron chi connectivity index (χ4n) is 3.31. The average Bonchev–Trinajstić information content (AvgIpc) is 3.47. The monoisotopic (exact) mass is 473 g/mol. The van der Waals surface area contributed by atoms with Crippen molar-refractivity contribution in [3.63, 3.8) is 0 Å². The van der Waals surface area contributed by atoms with E-state index in [0.29, 0.717) is 11.5 Å². The Morgan fingerprint density at radius 1 is 1.28 bits per heavy atom. The third-order valence-corrected chi connectivity index (χ3v) is 6.43. The van der Waals surface area contributed by atoms with Crippen LogP contribution in [0.25, 0.3) is 6.08 Å². The zero-order valence-corrected chi connectivity index (χ0v) is 18.8. The van der Waals surface area contributed by atoms with Gasteiger partial charge in [0.25, 0.3) is 11.1 Å².